The summed E-state index contributed by atoms with van der Waals surface area (Å²) in [5.41, 5.74) is -0.744. The number of piperidine rings is 1. The van der Waals surface area contributed by atoms with Gasteiger partial charge in [-0.05, 0) is 46.5 Å². The first kappa shape index (κ1) is 21.2. The molecule has 7 heteroatoms. The van der Waals surface area contributed by atoms with Crippen LogP contribution in [0.2, 0.25) is 0 Å². The van der Waals surface area contributed by atoms with E-state index in [1.54, 1.807) is 11.8 Å². The van der Waals surface area contributed by atoms with E-state index in [0.717, 1.165) is 19.3 Å². The first-order chi connectivity index (χ1) is 11.0. The summed E-state index contributed by atoms with van der Waals surface area (Å²) in [6, 6.07) is 0. The molecule has 1 saturated heterocycles. The fourth-order valence-electron chi connectivity index (χ4n) is 2.74. The Balaban J connectivity index is 2.45. The fraction of sp³-hybridized carbons (Fsp3) is 0.941. The van der Waals surface area contributed by atoms with Crippen molar-refractivity contribution in [3.63, 3.8) is 0 Å². The van der Waals surface area contributed by atoms with Gasteiger partial charge in [-0.15, -0.1) is 0 Å². The molecule has 1 heterocycles. The molecule has 0 atom stereocenters. The van der Waals surface area contributed by atoms with Gasteiger partial charge in [0.15, 0.2) is 0 Å². The number of ether oxygens (including phenoxy) is 2. The molecule has 0 bridgehead atoms. The van der Waals surface area contributed by atoms with Crippen LogP contribution in [0.3, 0.4) is 0 Å². The third kappa shape index (κ3) is 6.97. The van der Waals surface area contributed by atoms with Gasteiger partial charge >= 0.3 is 6.09 Å². The van der Waals surface area contributed by atoms with Crippen LogP contribution in [-0.2, 0) is 19.3 Å². The molecular weight excluding hydrogens is 330 g/mol. The second kappa shape index (κ2) is 8.52. The third-order valence-electron chi connectivity index (χ3n) is 4.42. The Hall–Kier alpha value is -0.820. The van der Waals surface area contributed by atoms with E-state index in [4.69, 9.17) is 9.47 Å². The lowest BCUT2D eigenvalue weighted by Gasteiger charge is -2.41. The number of rotatable bonds is 7. The highest BCUT2D eigenvalue weighted by molar-refractivity contribution is 7.91. The molecule has 0 radical (unpaired) electrons. The number of hydrogen-bond donors (Lipinski definition) is 0. The molecule has 6 nitrogen and oxygen atoms in total. The summed E-state index contributed by atoms with van der Waals surface area (Å²) >= 11 is 0. The molecule has 0 saturated carbocycles. The average molecular weight is 364 g/mol. The molecular formula is C17H33NO5S. The average Bonchev–Trinajstić information content (AvgIpc) is 2.50. The van der Waals surface area contributed by atoms with Gasteiger partial charge in [-0.2, -0.15) is 0 Å². The lowest BCUT2D eigenvalue weighted by Crippen LogP contribution is -2.49. The van der Waals surface area contributed by atoms with Crippen LogP contribution >= 0.6 is 0 Å². The van der Waals surface area contributed by atoms with E-state index in [1.807, 2.05) is 20.8 Å². The Morgan fingerprint density at radius 2 is 1.75 bits per heavy atom. The van der Waals surface area contributed by atoms with E-state index >= 15 is 0 Å². The van der Waals surface area contributed by atoms with Crippen LogP contribution in [0.5, 0.6) is 0 Å². The zero-order valence-electron chi connectivity index (χ0n) is 15.8. The first-order valence-corrected chi connectivity index (χ1v) is 10.7. The normalized spacial score (nSPS) is 18.5. The molecule has 0 aromatic carbocycles. The first-order valence-electron chi connectivity index (χ1n) is 8.85. The van der Waals surface area contributed by atoms with Crippen molar-refractivity contribution in [2.75, 3.05) is 31.2 Å². The molecule has 142 valence electrons. The number of hydrogen-bond acceptors (Lipinski definition) is 5. The van der Waals surface area contributed by atoms with Gasteiger partial charge in [-0.25, -0.2) is 13.2 Å². The Morgan fingerprint density at radius 3 is 2.21 bits per heavy atom. The van der Waals surface area contributed by atoms with Gasteiger partial charge in [-0.3, -0.25) is 0 Å². The van der Waals surface area contributed by atoms with Crippen molar-refractivity contribution in [1.29, 1.82) is 0 Å². The van der Waals surface area contributed by atoms with Crippen molar-refractivity contribution in [3.05, 3.63) is 0 Å². The van der Waals surface area contributed by atoms with Gasteiger partial charge in [0, 0.05) is 25.4 Å². The Bertz CT molecular complexity index is 502. The van der Waals surface area contributed by atoms with Gasteiger partial charge in [0.1, 0.15) is 15.4 Å². The molecule has 0 unspecified atom stereocenters. The van der Waals surface area contributed by atoms with Crippen LogP contribution in [0.1, 0.15) is 60.3 Å². The van der Waals surface area contributed by atoms with E-state index in [0.29, 0.717) is 26.1 Å². The number of sulfone groups is 1. The number of nitrogens with zero attached hydrogens (tertiary/aromatic N) is 1. The molecule has 1 aliphatic rings. The molecule has 0 aromatic heterocycles. The standard InChI is InChI=1S/C17H33NO5S/c1-6-17(22-13-8-14-24(20,21)7-2)9-11-18(12-10-17)15(19)23-16(3,4)5/h6-14H2,1-5H3. The quantitative estimate of drug-likeness (QED) is 0.650. The van der Waals surface area contributed by atoms with Gasteiger partial charge in [0.25, 0.3) is 0 Å². The highest BCUT2D eigenvalue weighted by Crippen LogP contribution is 2.30. The zero-order chi connectivity index (χ0) is 18.4. The lowest BCUT2D eigenvalue weighted by atomic mass is 9.88. The summed E-state index contributed by atoms with van der Waals surface area (Å²) in [6.07, 6.45) is 2.61. The molecule has 0 aliphatic carbocycles. The van der Waals surface area contributed by atoms with E-state index in [2.05, 4.69) is 6.92 Å². The molecule has 0 aromatic rings. The van der Waals surface area contributed by atoms with E-state index in [9.17, 15) is 13.2 Å². The largest absolute Gasteiger partial charge is 0.444 e. The smallest absolute Gasteiger partial charge is 0.410 e. The summed E-state index contributed by atoms with van der Waals surface area (Å²) < 4.78 is 34.5. The van der Waals surface area contributed by atoms with Crippen molar-refractivity contribution in [1.82, 2.24) is 4.90 Å². The van der Waals surface area contributed by atoms with Crippen molar-refractivity contribution in [3.8, 4) is 0 Å². The summed E-state index contributed by atoms with van der Waals surface area (Å²) in [6.45, 7) is 11.0. The van der Waals surface area contributed by atoms with E-state index in [1.165, 1.54) is 0 Å². The Kier molecular flexibility index (Phi) is 7.53. The Labute approximate surface area is 146 Å². The van der Waals surface area contributed by atoms with Gasteiger partial charge in [-0.1, -0.05) is 13.8 Å². The van der Waals surface area contributed by atoms with Gasteiger partial charge < -0.3 is 14.4 Å². The summed E-state index contributed by atoms with van der Waals surface area (Å²) in [4.78, 5) is 13.8. The third-order valence-corrected chi connectivity index (χ3v) is 6.21. The minimum atomic E-state index is -2.94. The highest BCUT2D eigenvalue weighted by Gasteiger charge is 2.36. The molecule has 1 fully saturated rings. The van der Waals surface area contributed by atoms with Crippen molar-refractivity contribution in [2.24, 2.45) is 0 Å². The minimum Gasteiger partial charge on any atom is -0.444 e. The molecule has 1 rings (SSSR count). The second-order valence-corrected chi connectivity index (χ2v) is 9.92. The molecule has 24 heavy (non-hydrogen) atoms. The van der Waals surface area contributed by atoms with E-state index in [-0.39, 0.29) is 23.2 Å². The monoisotopic (exact) mass is 363 g/mol. The van der Waals surface area contributed by atoms with Crippen molar-refractivity contribution < 1.29 is 22.7 Å². The maximum Gasteiger partial charge on any atom is 0.410 e. The highest BCUT2D eigenvalue weighted by atomic mass is 32.2. The van der Waals surface area contributed by atoms with E-state index < -0.39 is 15.4 Å². The Morgan fingerprint density at radius 1 is 1.17 bits per heavy atom. The molecule has 0 spiro atoms. The van der Waals surface area contributed by atoms with Gasteiger partial charge in [0.2, 0.25) is 0 Å². The lowest BCUT2D eigenvalue weighted by molar-refractivity contribution is -0.0863. The predicted molar refractivity (Wildman–Crippen MR) is 95.0 cm³/mol. The summed E-state index contributed by atoms with van der Waals surface area (Å²) in [7, 11) is -2.94. The van der Waals surface area contributed by atoms with Gasteiger partial charge in [0.05, 0.1) is 11.4 Å². The topological polar surface area (TPSA) is 72.9 Å². The van der Waals surface area contributed by atoms with Crippen LogP contribution in [0, 0.1) is 0 Å². The second-order valence-electron chi connectivity index (χ2n) is 7.44. The van der Waals surface area contributed by atoms with Crippen LogP contribution in [0.25, 0.3) is 0 Å². The number of likely N-dealkylation sites (tertiary alicyclic amines) is 1. The maximum atomic E-state index is 12.1. The van der Waals surface area contributed by atoms with Crippen LogP contribution in [-0.4, -0.2) is 61.8 Å². The minimum absolute atomic E-state index is 0.174. The van der Waals surface area contributed by atoms with Crippen LogP contribution < -0.4 is 0 Å². The van der Waals surface area contributed by atoms with Crippen LogP contribution in [0.4, 0.5) is 4.79 Å². The maximum absolute atomic E-state index is 12.1. The molecule has 1 aliphatic heterocycles. The zero-order valence-corrected chi connectivity index (χ0v) is 16.6. The predicted octanol–water partition coefficient (Wildman–Crippen LogP) is 3.01. The number of carbonyl (C=O) groups excluding carboxylic acids is 1. The summed E-state index contributed by atoms with van der Waals surface area (Å²) in [5.74, 6) is 0.351. The summed E-state index contributed by atoms with van der Waals surface area (Å²) in [5, 5.41) is 0. The fourth-order valence-corrected chi connectivity index (χ4v) is 3.58. The van der Waals surface area contributed by atoms with Crippen molar-refractivity contribution >= 4 is 15.9 Å². The molecule has 0 N–H and O–H groups in total. The van der Waals surface area contributed by atoms with Crippen LogP contribution in [0.15, 0.2) is 0 Å². The number of amides is 1. The number of carbonyl (C=O) groups is 1. The molecule has 1 amide bonds. The van der Waals surface area contributed by atoms with Crippen molar-refractivity contribution in [2.45, 2.75) is 71.5 Å². The SMILES string of the molecule is CCC1(OCCCS(=O)(=O)CC)CCN(C(=O)OC(C)(C)C)CC1.